The maximum atomic E-state index is 3.78. The molecule has 0 N–H and O–H groups in total. The van der Waals surface area contributed by atoms with Crippen LogP contribution < -0.4 is 0 Å². The second-order valence-electron chi connectivity index (χ2n) is 10.3. The van der Waals surface area contributed by atoms with E-state index in [0.717, 1.165) is 25.7 Å². The van der Waals surface area contributed by atoms with Gasteiger partial charge in [-0.1, -0.05) is 125 Å². The maximum absolute atomic E-state index is 3.78. The van der Waals surface area contributed by atoms with Crippen LogP contribution in [0.15, 0.2) is 146 Å². The van der Waals surface area contributed by atoms with Gasteiger partial charge in [0, 0.05) is 24.8 Å². The van der Waals surface area contributed by atoms with Crippen LogP contribution in [0.5, 0.6) is 0 Å². The molecule has 0 spiro atoms. The minimum absolute atomic E-state index is 1.12. The van der Waals surface area contributed by atoms with Crippen LogP contribution in [-0.2, 0) is 25.7 Å². The third-order valence-corrected chi connectivity index (χ3v) is 7.79. The summed E-state index contributed by atoms with van der Waals surface area (Å²) >= 11 is 0. The SMILES string of the molecule is CC.CCc1cccc2c1Cc1ccccc1-2.CCc1cccc2c1Cc1ccccc1-2.c1ccncc1.c1ccncc1. The molecule has 2 nitrogen and oxygen atoms in total. The van der Waals surface area contributed by atoms with Crippen molar-refractivity contribution < 1.29 is 0 Å². The van der Waals surface area contributed by atoms with Crippen molar-refractivity contribution in [3.8, 4) is 22.3 Å². The number of aromatic nitrogens is 2. The van der Waals surface area contributed by atoms with E-state index in [-0.39, 0.29) is 0 Å². The van der Waals surface area contributed by atoms with Gasteiger partial charge in [0.25, 0.3) is 0 Å². The Kier molecular flexibility index (Phi) is 12.6. The molecule has 2 heterocycles. The van der Waals surface area contributed by atoms with Crippen molar-refractivity contribution in [3.63, 3.8) is 0 Å². The highest BCUT2D eigenvalue weighted by atomic mass is 14.6. The van der Waals surface area contributed by atoms with Crippen LogP contribution >= 0.6 is 0 Å². The molecular formula is C42H44N2. The molecule has 0 saturated carbocycles. The zero-order chi connectivity index (χ0) is 31.0. The lowest BCUT2D eigenvalue weighted by atomic mass is 10.00. The largest absolute Gasteiger partial charge is 0.265 e. The van der Waals surface area contributed by atoms with Crippen molar-refractivity contribution in [3.05, 3.63) is 179 Å². The van der Waals surface area contributed by atoms with E-state index in [1.165, 1.54) is 44.5 Å². The van der Waals surface area contributed by atoms with Crippen molar-refractivity contribution in [1.29, 1.82) is 0 Å². The van der Waals surface area contributed by atoms with Crippen LogP contribution in [0, 0.1) is 0 Å². The van der Waals surface area contributed by atoms with E-state index in [1.54, 1.807) is 35.9 Å². The first-order valence-electron chi connectivity index (χ1n) is 15.9. The molecule has 2 aliphatic rings. The van der Waals surface area contributed by atoms with E-state index in [1.807, 2.05) is 50.2 Å². The van der Waals surface area contributed by atoms with E-state index in [2.05, 4.69) is 109 Å². The molecular weight excluding hydrogens is 532 g/mol. The summed E-state index contributed by atoms with van der Waals surface area (Å²) in [6, 6.07) is 42.3. The molecule has 44 heavy (non-hydrogen) atoms. The van der Waals surface area contributed by atoms with E-state index < -0.39 is 0 Å². The minimum Gasteiger partial charge on any atom is -0.265 e. The van der Waals surface area contributed by atoms with Crippen molar-refractivity contribution in [2.24, 2.45) is 0 Å². The predicted octanol–water partition coefficient (Wildman–Crippen LogP) is 10.8. The highest BCUT2D eigenvalue weighted by Crippen LogP contribution is 2.39. The molecule has 0 fully saturated rings. The molecule has 222 valence electrons. The van der Waals surface area contributed by atoms with Crippen molar-refractivity contribution in [1.82, 2.24) is 9.97 Å². The Hall–Kier alpha value is -4.82. The lowest BCUT2D eigenvalue weighted by Crippen LogP contribution is -1.89. The Morgan fingerprint density at radius 3 is 1.09 bits per heavy atom. The fraction of sp³-hybridized carbons (Fsp3) is 0.190. The minimum atomic E-state index is 1.12. The average Bonchev–Trinajstić information content (AvgIpc) is 3.70. The normalized spacial score (nSPS) is 10.7. The van der Waals surface area contributed by atoms with Gasteiger partial charge in [0.15, 0.2) is 0 Å². The Morgan fingerprint density at radius 2 is 0.773 bits per heavy atom. The van der Waals surface area contributed by atoms with E-state index in [4.69, 9.17) is 0 Å². The Bertz CT molecular complexity index is 1510. The monoisotopic (exact) mass is 576 g/mol. The Balaban J connectivity index is 0.000000142. The highest BCUT2D eigenvalue weighted by Gasteiger charge is 2.20. The molecule has 8 rings (SSSR count). The molecule has 4 aromatic carbocycles. The van der Waals surface area contributed by atoms with Crippen LogP contribution in [0.2, 0.25) is 0 Å². The predicted molar refractivity (Wildman–Crippen MR) is 188 cm³/mol. The number of nitrogens with zero attached hydrogens (tertiary/aromatic N) is 2. The number of pyridine rings is 2. The molecule has 0 unspecified atom stereocenters. The van der Waals surface area contributed by atoms with Gasteiger partial charge >= 0.3 is 0 Å². The van der Waals surface area contributed by atoms with Crippen LogP contribution in [0.3, 0.4) is 0 Å². The fourth-order valence-corrected chi connectivity index (χ4v) is 5.73. The summed E-state index contributed by atoms with van der Waals surface area (Å²) in [5.41, 5.74) is 14.8. The zero-order valence-corrected chi connectivity index (χ0v) is 26.6. The molecule has 2 aromatic heterocycles. The first-order chi connectivity index (χ1) is 21.8. The summed E-state index contributed by atoms with van der Waals surface area (Å²) in [7, 11) is 0. The van der Waals surface area contributed by atoms with Gasteiger partial charge in [-0.25, -0.2) is 0 Å². The van der Waals surface area contributed by atoms with Gasteiger partial charge in [-0.05, 0) is 106 Å². The van der Waals surface area contributed by atoms with Crippen molar-refractivity contribution in [2.45, 2.75) is 53.4 Å². The molecule has 0 aliphatic heterocycles. The van der Waals surface area contributed by atoms with Crippen LogP contribution in [0.25, 0.3) is 22.3 Å². The number of aryl methyl sites for hydroxylation is 2. The van der Waals surface area contributed by atoms with Gasteiger partial charge in [0.05, 0.1) is 0 Å². The molecule has 0 atom stereocenters. The summed E-state index contributed by atoms with van der Waals surface area (Å²) < 4.78 is 0. The lowest BCUT2D eigenvalue weighted by Gasteiger charge is -2.05. The Labute approximate surface area is 264 Å². The quantitative estimate of drug-likeness (QED) is 0.205. The third kappa shape index (κ3) is 8.17. The van der Waals surface area contributed by atoms with Gasteiger partial charge in [0.2, 0.25) is 0 Å². The summed E-state index contributed by atoms with van der Waals surface area (Å²) in [5, 5.41) is 0. The second kappa shape index (κ2) is 17.3. The molecule has 0 bridgehead atoms. The molecule has 0 radical (unpaired) electrons. The number of rotatable bonds is 2. The van der Waals surface area contributed by atoms with Crippen LogP contribution in [0.1, 0.15) is 61.1 Å². The van der Waals surface area contributed by atoms with Gasteiger partial charge in [-0.2, -0.15) is 0 Å². The summed E-state index contributed by atoms with van der Waals surface area (Å²) in [5.74, 6) is 0. The van der Waals surface area contributed by atoms with Gasteiger partial charge in [-0.3, -0.25) is 9.97 Å². The molecule has 2 aliphatic carbocycles. The Morgan fingerprint density at radius 1 is 0.409 bits per heavy atom. The molecule has 0 saturated heterocycles. The number of benzene rings is 4. The van der Waals surface area contributed by atoms with Crippen molar-refractivity contribution in [2.75, 3.05) is 0 Å². The van der Waals surface area contributed by atoms with Crippen molar-refractivity contribution >= 4 is 0 Å². The summed E-state index contributed by atoms with van der Waals surface area (Å²) in [6.45, 7) is 8.47. The smallest absolute Gasteiger partial charge is 0.0267 e. The van der Waals surface area contributed by atoms with E-state index in [9.17, 15) is 0 Å². The van der Waals surface area contributed by atoms with Gasteiger partial charge < -0.3 is 0 Å². The fourth-order valence-electron chi connectivity index (χ4n) is 5.73. The van der Waals surface area contributed by atoms with Crippen LogP contribution in [-0.4, -0.2) is 9.97 Å². The molecule has 2 heteroatoms. The standard InChI is InChI=1S/2C15H14.2C5H5N.C2H6/c2*1-2-11-7-5-9-14-13-8-4-3-6-12(13)10-15(11)14;2*1-2-4-6-5-3-1;1-2/h2*3-9H,2,10H2,1H3;2*1-5H;1-2H3. The highest BCUT2D eigenvalue weighted by molar-refractivity contribution is 5.78. The first kappa shape index (κ1) is 32.1. The van der Waals surface area contributed by atoms with Crippen LogP contribution in [0.4, 0.5) is 0 Å². The number of hydrogen-bond donors (Lipinski definition) is 0. The van der Waals surface area contributed by atoms with Gasteiger partial charge in [-0.15, -0.1) is 0 Å². The average molecular weight is 577 g/mol. The second-order valence-corrected chi connectivity index (χ2v) is 10.3. The zero-order valence-electron chi connectivity index (χ0n) is 26.6. The summed E-state index contributed by atoms with van der Waals surface area (Å²) in [4.78, 5) is 7.57. The van der Waals surface area contributed by atoms with E-state index >= 15 is 0 Å². The molecule has 0 amide bonds. The topological polar surface area (TPSA) is 25.8 Å². The number of fused-ring (bicyclic) bond motifs is 6. The van der Waals surface area contributed by atoms with E-state index in [0.29, 0.717) is 0 Å². The molecule has 6 aromatic rings. The lowest BCUT2D eigenvalue weighted by molar-refractivity contribution is 1.08. The first-order valence-corrected chi connectivity index (χ1v) is 15.9. The van der Waals surface area contributed by atoms with Gasteiger partial charge in [0.1, 0.15) is 0 Å². The third-order valence-electron chi connectivity index (χ3n) is 7.79. The number of hydrogen-bond acceptors (Lipinski definition) is 2. The summed E-state index contributed by atoms with van der Waals surface area (Å²) in [6.07, 6.45) is 11.5. The maximum Gasteiger partial charge on any atom is 0.0267 e.